The average Bonchev–Trinajstić information content (AvgIpc) is 3.08. The zero-order chi connectivity index (χ0) is 16.9. The molecule has 1 heterocycles. The topological polar surface area (TPSA) is 61.4 Å². The number of rotatable bonds is 3. The highest BCUT2D eigenvalue weighted by atomic mass is 16.2. The van der Waals surface area contributed by atoms with Crippen LogP contribution in [0.1, 0.15) is 50.5 Å². The molecule has 0 bridgehead atoms. The highest BCUT2D eigenvalue weighted by molar-refractivity contribution is 5.94. The number of hydrogen-bond acceptors (Lipinski definition) is 2. The van der Waals surface area contributed by atoms with Crippen molar-refractivity contribution < 1.29 is 9.59 Å². The first-order chi connectivity index (χ1) is 11.6. The zero-order valence-corrected chi connectivity index (χ0v) is 14.4. The van der Waals surface area contributed by atoms with Gasteiger partial charge in [-0.2, -0.15) is 0 Å². The van der Waals surface area contributed by atoms with Gasteiger partial charge in [0.25, 0.3) is 0 Å². The molecule has 0 aromatic heterocycles. The molecule has 1 saturated carbocycles. The molecule has 0 spiro atoms. The van der Waals surface area contributed by atoms with Gasteiger partial charge in [-0.05, 0) is 44.7 Å². The lowest BCUT2D eigenvalue weighted by Gasteiger charge is -2.28. The molecule has 1 saturated heterocycles. The van der Waals surface area contributed by atoms with Crippen LogP contribution in [0.5, 0.6) is 0 Å². The predicted molar refractivity (Wildman–Crippen MR) is 94.9 cm³/mol. The summed E-state index contributed by atoms with van der Waals surface area (Å²) in [5, 5.41) is 6.06. The maximum Gasteiger partial charge on any atom is 0.322 e. The maximum absolute atomic E-state index is 12.6. The summed E-state index contributed by atoms with van der Waals surface area (Å²) >= 11 is 0. The van der Waals surface area contributed by atoms with E-state index in [1.165, 1.54) is 19.3 Å². The Morgan fingerprint density at radius 2 is 1.71 bits per heavy atom. The van der Waals surface area contributed by atoms with E-state index in [2.05, 4.69) is 10.6 Å². The molecule has 1 aliphatic carbocycles. The molecule has 0 radical (unpaired) electrons. The van der Waals surface area contributed by atoms with Crippen molar-refractivity contribution >= 4 is 17.6 Å². The molecule has 2 aliphatic rings. The summed E-state index contributed by atoms with van der Waals surface area (Å²) in [6.07, 6.45) is 7.40. The van der Waals surface area contributed by atoms with Crippen molar-refractivity contribution in [1.29, 1.82) is 0 Å². The number of amides is 3. The normalized spacial score (nSPS) is 21.5. The Bertz CT molecular complexity index is 579. The van der Waals surface area contributed by atoms with Gasteiger partial charge in [0, 0.05) is 18.3 Å². The summed E-state index contributed by atoms with van der Waals surface area (Å²) in [5.41, 5.74) is 1.92. The molecule has 3 rings (SSSR count). The molecule has 0 unspecified atom stereocenters. The van der Waals surface area contributed by atoms with Crippen LogP contribution < -0.4 is 10.6 Å². The van der Waals surface area contributed by atoms with Gasteiger partial charge in [0.15, 0.2) is 0 Å². The Kier molecular flexibility index (Phi) is 5.38. The first-order valence-electron chi connectivity index (χ1n) is 9.08. The Hall–Kier alpha value is -2.04. The van der Waals surface area contributed by atoms with Gasteiger partial charge in [-0.3, -0.25) is 4.79 Å². The fourth-order valence-electron chi connectivity index (χ4n) is 3.66. The van der Waals surface area contributed by atoms with Crippen LogP contribution in [-0.2, 0) is 4.79 Å². The second-order valence-corrected chi connectivity index (χ2v) is 6.99. The number of urea groups is 1. The summed E-state index contributed by atoms with van der Waals surface area (Å²) in [6.45, 7) is 2.65. The Morgan fingerprint density at radius 3 is 2.42 bits per heavy atom. The molecular formula is C19H27N3O2. The Morgan fingerprint density at radius 1 is 1.00 bits per heavy atom. The van der Waals surface area contributed by atoms with E-state index in [1.54, 1.807) is 4.90 Å². The lowest BCUT2D eigenvalue weighted by Crippen LogP contribution is -2.50. The number of benzene rings is 1. The van der Waals surface area contributed by atoms with Gasteiger partial charge < -0.3 is 15.5 Å². The number of nitrogens with one attached hydrogen (secondary N) is 2. The third kappa shape index (κ3) is 4.08. The van der Waals surface area contributed by atoms with Crippen molar-refractivity contribution in [2.24, 2.45) is 0 Å². The van der Waals surface area contributed by atoms with Crippen molar-refractivity contribution in [2.75, 3.05) is 11.9 Å². The molecular weight excluding hydrogens is 302 g/mol. The number of nitrogens with zero attached hydrogens (tertiary/aromatic N) is 1. The van der Waals surface area contributed by atoms with Crippen molar-refractivity contribution in [3.8, 4) is 0 Å². The fourth-order valence-corrected chi connectivity index (χ4v) is 3.66. The van der Waals surface area contributed by atoms with Gasteiger partial charge in [-0.1, -0.05) is 37.0 Å². The van der Waals surface area contributed by atoms with Gasteiger partial charge in [0.2, 0.25) is 5.91 Å². The highest BCUT2D eigenvalue weighted by Crippen LogP contribution is 2.22. The van der Waals surface area contributed by atoms with E-state index in [9.17, 15) is 9.59 Å². The molecule has 3 amide bonds. The molecule has 24 heavy (non-hydrogen) atoms. The van der Waals surface area contributed by atoms with E-state index in [-0.39, 0.29) is 24.0 Å². The smallest absolute Gasteiger partial charge is 0.322 e. The van der Waals surface area contributed by atoms with Crippen LogP contribution in [0.25, 0.3) is 0 Å². The van der Waals surface area contributed by atoms with Gasteiger partial charge in [0.05, 0.1) is 0 Å². The molecule has 1 aromatic carbocycles. The summed E-state index contributed by atoms with van der Waals surface area (Å²) in [4.78, 5) is 26.8. The van der Waals surface area contributed by atoms with E-state index in [4.69, 9.17) is 0 Å². The molecule has 1 aromatic rings. The predicted octanol–water partition coefficient (Wildman–Crippen LogP) is 3.44. The summed E-state index contributed by atoms with van der Waals surface area (Å²) < 4.78 is 0. The molecule has 5 heteroatoms. The second-order valence-electron chi connectivity index (χ2n) is 6.99. The number of carbonyl (C=O) groups excluding carboxylic acids is 2. The molecule has 130 valence electrons. The van der Waals surface area contributed by atoms with Crippen molar-refractivity contribution in [3.05, 3.63) is 29.8 Å². The summed E-state index contributed by atoms with van der Waals surface area (Å²) in [5.74, 6) is 0.0125. The second kappa shape index (κ2) is 7.69. The maximum atomic E-state index is 12.6. The first kappa shape index (κ1) is 16.8. The van der Waals surface area contributed by atoms with Crippen molar-refractivity contribution in [1.82, 2.24) is 10.2 Å². The number of hydrogen-bond donors (Lipinski definition) is 2. The van der Waals surface area contributed by atoms with Crippen LogP contribution in [0.2, 0.25) is 0 Å². The standard InChI is InChI=1S/C19H27N3O2/c1-14-9-11-16(12-10-14)21-19(24)22-13-5-8-17(22)18(23)20-15-6-3-2-4-7-15/h9-12,15,17H,2-8,13H2,1H3,(H,20,23)(H,21,24)/t17-/m0/s1. The number of aryl methyl sites for hydroxylation is 1. The van der Waals surface area contributed by atoms with Crippen LogP contribution in [0.15, 0.2) is 24.3 Å². The van der Waals surface area contributed by atoms with E-state index in [0.717, 1.165) is 36.9 Å². The number of likely N-dealkylation sites (tertiary alicyclic amines) is 1. The quantitative estimate of drug-likeness (QED) is 0.892. The molecule has 2 fully saturated rings. The lowest BCUT2D eigenvalue weighted by molar-refractivity contribution is -0.125. The Balaban J connectivity index is 1.58. The SMILES string of the molecule is Cc1ccc(NC(=O)N2CCC[C@H]2C(=O)NC2CCCCC2)cc1. The fraction of sp³-hybridized carbons (Fsp3) is 0.579. The van der Waals surface area contributed by atoms with Crippen LogP contribution >= 0.6 is 0 Å². The average molecular weight is 329 g/mol. The van der Waals surface area contributed by atoms with Gasteiger partial charge in [0.1, 0.15) is 6.04 Å². The molecule has 1 aliphatic heterocycles. The van der Waals surface area contributed by atoms with E-state index in [1.807, 2.05) is 31.2 Å². The zero-order valence-electron chi connectivity index (χ0n) is 14.4. The van der Waals surface area contributed by atoms with E-state index < -0.39 is 0 Å². The van der Waals surface area contributed by atoms with E-state index >= 15 is 0 Å². The number of anilines is 1. The van der Waals surface area contributed by atoms with Gasteiger partial charge >= 0.3 is 6.03 Å². The minimum absolute atomic E-state index is 0.0125. The summed E-state index contributed by atoms with van der Waals surface area (Å²) in [7, 11) is 0. The first-order valence-corrected chi connectivity index (χ1v) is 9.08. The van der Waals surface area contributed by atoms with Crippen LogP contribution in [-0.4, -0.2) is 35.5 Å². The Labute approximate surface area is 143 Å². The molecule has 2 N–H and O–H groups in total. The third-order valence-corrected chi connectivity index (χ3v) is 5.07. The minimum atomic E-state index is -0.336. The highest BCUT2D eigenvalue weighted by Gasteiger charge is 2.35. The summed E-state index contributed by atoms with van der Waals surface area (Å²) in [6, 6.07) is 7.48. The lowest BCUT2D eigenvalue weighted by atomic mass is 9.95. The van der Waals surface area contributed by atoms with Gasteiger partial charge in [-0.15, -0.1) is 0 Å². The van der Waals surface area contributed by atoms with Crippen LogP contribution in [0.3, 0.4) is 0 Å². The van der Waals surface area contributed by atoms with Gasteiger partial charge in [-0.25, -0.2) is 4.79 Å². The van der Waals surface area contributed by atoms with Crippen molar-refractivity contribution in [2.45, 2.75) is 64.0 Å². The van der Waals surface area contributed by atoms with Crippen LogP contribution in [0, 0.1) is 6.92 Å². The third-order valence-electron chi connectivity index (χ3n) is 5.07. The number of carbonyl (C=O) groups is 2. The largest absolute Gasteiger partial charge is 0.352 e. The monoisotopic (exact) mass is 329 g/mol. The van der Waals surface area contributed by atoms with Crippen LogP contribution in [0.4, 0.5) is 10.5 Å². The molecule has 5 nitrogen and oxygen atoms in total. The van der Waals surface area contributed by atoms with E-state index in [0.29, 0.717) is 6.54 Å². The minimum Gasteiger partial charge on any atom is -0.352 e. The molecule has 1 atom stereocenters. The van der Waals surface area contributed by atoms with Crippen molar-refractivity contribution in [3.63, 3.8) is 0 Å².